The fourth-order valence-corrected chi connectivity index (χ4v) is 1.33. The fourth-order valence-electron chi connectivity index (χ4n) is 0.625. The van der Waals surface area contributed by atoms with Gasteiger partial charge in [0.2, 0.25) is 5.91 Å². The number of hydrogen-bond acceptors (Lipinski definition) is 3. The molecule has 52 valence electrons. The molecule has 1 saturated heterocycles. The van der Waals surface area contributed by atoms with Crippen molar-refractivity contribution in [1.82, 2.24) is 4.67 Å². The minimum absolute atomic E-state index is 0.215. The maximum Gasteiger partial charge on any atom is 0.284 e. The van der Waals surface area contributed by atoms with Gasteiger partial charge < -0.3 is 10.6 Å². The molecule has 2 atom stereocenters. The Labute approximate surface area is 52.4 Å². The molecule has 1 amide bonds. The number of carbonyl (C=O) groups excluding carboxylic acids is 1. The van der Waals surface area contributed by atoms with E-state index in [-0.39, 0.29) is 6.54 Å². The van der Waals surface area contributed by atoms with E-state index in [1.165, 1.54) is 0 Å². The number of rotatable bonds is 1. The topological polar surface area (TPSA) is 83.6 Å². The SMILES string of the molecule is NC1CN([P@@H](=O)O)C1=O. The van der Waals surface area contributed by atoms with Gasteiger partial charge in [-0.2, -0.15) is 0 Å². The predicted octanol–water partition coefficient (Wildman–Crippen LogP) is -1.46. The maximum absolute atomic E-state index is 10.5. The van der Waals surface area contributed by atoms with Gasteiger partial charge in [-0.1, -0.05) is 0 Å². The van der Waals surface area contributed by atoms with E-state index >= 15 is 0 Å². The second-order valence-electron chi connectivity index (χ2n) is 1.84. The van der Waals surface area contributed by atoms with Crippen molar-refractivity contribution in [1.29, 1.82) is 0 Å². The summed E-state index contributed by atoms with van der Waals surface area (Å²) in [4.78, 5) is 18.8. The second kappa shape index (κ2) is 2.10. The summed E-state index contributed by atoms with van der Waals surface area (Å²) in [5.74, 6) is -0.429. The Morgan fingerprint density at radius 2 is 2.44 bits per heavy atom. The summed E-state index contributed by atoms with van der Waals surface area (Å²) in [6, 6.07) is -0.550. The van der Waals surface area contributed by atoms with Gasteiger partial charge >= 0.3 is 0 Å². The molecule has 3 N–H and O–H groups in total. The molecule has 1 aliphatic heterocycles. The molecular formula is C3H7N2O3P. The third-order valence-corrected chi connectivity index (χ3v) is 2.06. The zero-order valence-electron chi connectivity index (χ0n) is 4.57. The van der Waals surface area contributed by atoms with Gasteiger partial charge in [0.25, 0.3) is 8.18 Å². The van der Waals surface area contributed by atoms with Crippen LogP contribution in [0.15, 0.2) is 0 Å². The van der Waals surface area contributed by atoms with Gasteiger partial charge in [-0.3, -0.25) is 14.0 Å². The predicted molar refractivity (Wildman–Crippen MR) is 30.9 cm³/mol. The number of nitrogens with zero attached hydrogens (tertiary/aromatic N) is 1. The lowest BCUT2D eigenvalue weighted by Gasteiger charge is -2.32. The number of amides is 1. The van der Waals surface area contributed by atoms with Crippen LogP contribution in [0.3, 0.4) is 0 Å². The normalized spacial score (nSPS) is 29.8. The largest absolute Gasteiger partial charge is 0.331 e. The monoisotopic (exact) mass is 150 g/mol. The van der Waals surface area contributed by atoms with E-state index in [1.54, 1.807) is 0 Å². The highest BCUT2D eigenvalue weighted by Gasteiger charge is 2.36. The molecule has 1 aliphatic rings. The summed E-state index contributed by atoms with van der Waals surface area (Å²) in [7, 11) is -2.80. The molecule has 0 bridgehead atoms. The number of carbonyl (C=O) groups is 1. The van der Waals surface area contributed by atoms with Crippen LogP contribution >= 0.6 is 8.18 Å². The van der Waals surface area contributed by atoms with Crippen LogP contribution in [0.25, 0.3) is 0 Å². The first-order valence-electron chi connectivity index (χ1n) is 2.43. The van der Waals surface area contributed by atoms with E-state index in [1.807, 2.05) is 0 Å². The van der Waals surface area contributed by atoms with E-state index in [2.05, 4.69) is 0 Å². The van der Waals surface area contributed by atoms with Gasteiger partial charge in [-0.05, 0) is 0 Å². The van der Waals surface area contributed by atoms with Gasteiger partial charge in [-0.25, -0.2) is 0 Å². The van der Waals surface area contributed by atoms with Crippen molar-refractivity contribution < 1.29 is 14.3 Å². The summed E-state index contributed by atoms with van der Waals surface area (Å²) in [5, 5.41) is 0. The second-order valence-corrected chi connectivity index (χ2v) is 2.94. The zero-order valence-corrected chi connectivity index (χ0v) is 5.57. The molecule has 1 heterocycles. The van der Waals surface area contributed by atoms with Crippen molar-refractivity contribution in [2.24, 2.45) is 5.73 Å². The van der Waals surface area contributed by atoms with Crippen LogP contribution in [0, 0.1) is 0 Å². The molecule has 0 aromatic rings. The molecule has 1 rings (SSSR count). The van der Waals surface area contributed by atoms with Crippen LogP contribution in [-0.2, 0) is 9.36 Å². The number of hydrogen-bond donors (Lipinski definition) is 2. The average Bonchev–Trinajstić information content (AvgIpc) is 1.81. The Bertz CT molecular complexity index is 170. The highest BCUT2D eigenvalue weighted by molar-refractivity contribution is 7.36. The average molecular weight is 150 g/mol. The third-order valence-electron chi connectivity index (χ3n) is 1.19. The highest BCUT2D eigenvalue weighted by Crippen LogP contribution is 2.27. The molecule has 5 nitrogen and oxygen atoms in total. The molecule has 0 spiro atoms. The molecule has 0 aliphatic carbocycles. The standard InChI is InChI=1S/C3H7N2O3P/c4-2-1-5(3(2)6)9(7)8/h2,9H,1,4H2,(H,7,8). The van der Waals surface area contributed by atoms with E-state index < -0.39 is 20.1 Å². The number of nitrogens with two attached hydrogens (primary N) is 1. The van der Waals surface area contributed by atoms with Crippen LogP contribution < -0.4 is 5.73 Å². The number of β-lactam (4-membered cyclic amide) rings is 1. The Morgan fingerprint density at radius 3 is 2.56 bits per heavy atom. The minimum atomic E-state index is -2.80. The Kier molecular flexibility index (Phi) is 1.57. The molecule has 9 heavy (non-hydrogen) atoms. The summed E-state index contributed by atoms with van der Waals surface area (Å²) < 4.78 is 11.0. The molecule has 0 radical (unpaired) electrons. The smallest absolute Gasteiger partial charge is 0.284 e. The molecule has 0 saturated carbocycles. The van der Waals surface area contributed by atoms with Crippen LogP contribution in [0.4, 0.5) is 0 Å². The van der Waals surface area contributed by atoms with Crippen LogP contribution in [0.1, 0.15) is 0 Å². The van der Waals surface area contributed by atoms with Crippen molar-refractivity contribution >= 4 is 14.1 Å². The first-order valence-corrected chi connectivity index (χ1v) is 3.73. The molecule has 1 fully saturated rings. The van der Waals surface area contributed by atoms with Gasteiger partial charge in [-0.15, -0.1) is 0 Å². The molecule has 6 heteroatoms. The first kappa shape index (κ1) is 6.74. The fraction of sp³-hybridized carbons (Fsp3) is 0.667. The van der Waals surface area contributed by atoms with Crippen LogP contribution in [0.2, 0.25) is 0 Å². The minimum Gasteiger partial charge on any atom is -0.331 e. The van der Waals surface area contributed by atoms with Crippen LogP contribution in [-0.4, -0.2) is 28.1 Å². The Balaban J connectivity index is 2.52. The molecule has 1 unspecified atom stereocenters. The van der Waals surface area contributed by atoms with Gasteiger partial charge in [0.1, 0.15) is 6.04 Å². The van der Waals surface area contributed by atoms with Gasteiger partial charge in [0, 0.05) is 0 Å². The lowest BCUT2D eigenvalue weighted by atomic mass is 10.2. The lowest BCUT2D eigenvalue weighted by Crippen LogP contribution is -2.57. The van der Waals surface area contributed by atoms with Crippen molar-refractivity contribution in [2.75, 3.05) is 6.54 Å². The lowest BCUT2D eigenvalue weighted by molar-refractivity contribution is -0.135. The summed E-state index contributed by atoms with van der Waals surface area (Å²) in [5.41, 5.74) is 5.13. The summed E-state index contributed by atoms with van der Waals surface area (Å²) in [6.07, 6.45) is 0. The highest BCUT2D eigenvalue weighted by atomic mass is 31.1. The third kappa shape index (κ3) is 0.986. The van der Waals surface area contributed by atoms with Gasteiger partial charge in [0.15, 0.2) is 0 Å². The van der Waals surface area contributed by atoms with Crippen molar-refractivity contribution in [2.45, 2.75) is 6.04 Å². The maximum atomic E-state index is 10.5. The molecular weight excluding hydrogens is 143 g/mol. The van der Waals surface area contributed by atoms with Crippen molar-refractivity contribution in [3.8, 4) is 0 Å². The Morgan fingerprint density at radius 1 is 1.89 bits per heavy atom. The van der Waals surface area contributed by atoms with Gasteiger partial charge in [0.05, 0.1) is 6.54 Å². The van der Waals surface area contributed by atoms with E-state index in [0.717, 1.165) is 4.67 Å². The quantitative estimate of drug-likeness (QED) is 0.353. The molecule has 0 aromatic heterocycles. The Hall–Kier alpha value is -0.380. The summed E-state index contributed by atoms with van der Waals surface area (Å²) >= 11 is 0. The first-order chi connectivity index (χ1) is 4.13. The van der Waals surface area contributed by atoms with E-state index in [9.17, 15) is 9.36 Å². The van der Waals surface area contributed by atoms with Crippen LogP contribution in [0.5, 0.6) is 0 Å². The van der Waals surface area contributed by atoms with Crippen molar-refractivity contribution in [3.05, 3.63) is 0 Å². The van der Waals surface area contributed by atoms with E-state index in [0.29, 0.717) is 0 Å². The molecule has 0 aromatic carbocycles. The van der Waals surface area contributed by atoms with E-state index in [4.69, 9.17) is 10.6 Å². The summed E-state index contributed by atoms with van der Waals surface area (Å²) in [6.45, 7) is 0.215. The van der Waals surface area contributed by atoms with Crippen molar-refractivity contribution in [3.63, 3.8) is 0 Å². The zero-order chi connectivity index (χ0) is 7.02.